The molecule has 0 heterocycles. The summed E-state index contributed by atoms with van der Waals surface area (Å²) in [6.07, 6.45) is 0. The summed E-state index contributed by atoms with van der Waals surface area (Å²) in [5.41, 5.74) is 6.28. The van der Waals surface area contributed by atoms with Crippen molar-refractivity contribution in [1.29, 1.82) is 0 Å². The first-order valence-electron chi connectivity index (χ1n) is 7.00. The van der Waals surface area contributed by atoms with Crippen LogP contribution in [-0.4, -0.2) is 32.8 Å². The van der Waals surface area contributed by atoms with Crippen LogP contribution >= 0.6 is 0 Å². The zero-order valence-corrected chi connectivity index (χ0v) is 12.6. The number of hydrogen-bond donors (Lipinski definition) is 3. The molecule has 0 spiro atoms. The highest BCUT2D eigenvalue weighted by Crippen LogP contribution is 2.38. The minimum atomic E-state index is 0.440. The Hall–Kier alpha value is -3.15. The van der Waals surface area contributed by atoms with Gasteiger partial charge in [-0.05, 0) is 48.2 Å². The first kappa shape index (κ1) is 14.8. The Morgan fingerprint density at radius 3 is 1.48 bits per heavy atom. The molecule has 23 heavy (non-hydrogen) atoms. The van der Waals surface area contributed by atoms with Crippen molar-refractivity contribution in [3.05, 3.63) is 58.7 Å². The molecule has 0 fully saturated rings. The molecule has 0 unspecified atom stereocenters. The first-order chi connectivity index (χ1) is 11.1. The lowest BCUT2D eigenvalue weighted by Crippen LogP contribution is -2.03. The molecule has 2 aromatic carbocycles. The van der Waals surface area contributed by atoms with E-state index in [1.807, 2.05) is 36.4 Å². The molecule has 3 N–H and O–H groups in total. The third kappa shape index (κ3) is 2.24. The van der Waals surface area contributed by atoms with E-state index in [2.05, 4.69) is 15.5 Å². The number of rotatable bonds is 2. The molecule has 0 bridgehead atoms. The van der Waals surface area contributed by atoms with Crippen molar-refractivity contribution in [3.8, 4) is 11.1 Å². The highest BCUT2D eigenvalue weighted by atomic mass is 16.4. The van der Waals surface area contributed by atoms with Gasteiger partial charge in [-0.2, -0.15) is 0 Å². The number of fused-ring (bicyclic) bond motifs is 3. The Morgan fingerprint density at radius 2 is 1.13 bits per heavy atom. The van der Waals surface area contributed by atoms with Crippen molar-refractivity contribution in [1.82, 2.24) is 0 Å². The summed E-state index contributed by atoms with van der Waals surface area (Å²) >= 11 is 0. The molecule has 3 rings (SSSR count). The average molecular weight is 309 g/mol. The van der Waals surface area contributed by atoms with Crippen LogP contribution in [0.15, 0.2) is 51.9 Å². The second-order valence-corrected chi connectivity index (χ2v) is 5.34. The summed E-state index contributed by atoms with van der Waals surface area (Å²) < 4.78 is 0. The van der Waals surface area contributed by atoms with Gasteiger partial charge in [0.1, 0.15) is 5.71 Å². The lowest BCUT2D eigenvalue weighted by atomic mass is 10.0. The van der Waals surface area contributed by atoms with Gasteiger partial charge in [-0.3, -0.25) is 0 Å². The quantitative estimate of drug-likeness (QED) is 0.385. The van der Waals surface area contributed by atoms with Crippen molar-refractivity contribution in [2.24, 2.45) is 15.5 Å². The van der Waals surface area contributed by atoms with E-state index in [1.54, 1.807) is 13.8 Å². The van der Waals surface area contributed by atoms with Gasteiger partial charge in [-0.25, -0.2) is 0 Å². The van der Waals surface area contributed by atoms with Crippen molar-refractivity contribution >= 4 is 17.1 Å². The van der Waals surface area contributed by atoms with Gasteiger partial charge in [0.25, 0.3) is 0 Å². The monoisotopic (exact) mass is 309 g/mol. The average Bonchev–Trinajstić information content (AvgIpc) is 2.92. The van der Waals surface area contributed by atoms with E-state index in [-0.39, 0.29) is 0 Å². The fourth-order valence-electron chi connectivity index (χ4n) is 2.77. The minimum absolute atomic E-state index is 0.440. The normalized spacial score (nSPS) is 15.7. The van der Waals surface area contributed by atoms with Crippen LogP contribution < -0.4 is 0 Å². The molecule has 0 aromatic heterocycles. The Morgan fingerprint density at radius 1 is 0.696 bits per heavy atom. The summed E-state index contributed by atoms with van der Waals surface area (Å²) in [6.45, 7) is 3.39. The summed E-state index contributed by atoms with van der Waals surface area (Å²) in [5.74, 6) is 0. The van der Waals surface area contributed by atoms with Gasteiger partial charge in [0, 0.05) is 11.1 Å². The van der Waals surface area contributed by atoms with Crippen molar-refractivity contribution in [2.75, 3.05) is 0 Å². The van der Waals surface area contributed by atoms with E-state index in [0.717, 1.165) is 33.4 Å². The predicted octanol–water partition coefficient (Wildman–Crippen LogP) is 3.29. The van der Waals surface area contributed by atoms with Crippen LogP contribution in [0.25, 0.3) is 11.1 Å². The van der Waals surface area contributed by atoms with E-state index in [4.69, 9.17) is 10.4 Å². The first-order valence-corrected chi connectivity index (χ1v) is 7.00. The summed E-state index contributed by atoms with van der Waals surface area (Å²) in [6, 6.07) is 11.2. The third-order valence-electron chi connectivity index (χ3n) is 4.08. The van der Waals surface area contributed by atoms with E-state index in [9.17, 15) is 5.21 Å². The standard InChI is InChI=1S/C17H15N3O3/c1-9(18-21)11-3-5-13-14-6-4-12(10(2)19-22)8-16(14)17(20-23)15(13)7-11/h3-8,21-23H,1-2H3/b18-9-,19-10+,20-17?. The van der Waals surface area contributed by atoms with Crippen LogP contribution in [0.2, 0.25) is 0 Å². The van der Waals surface area contributed by atoms with Crippen LogP contribution in [0.1, 0.15) is 36.1 Å². The van der Waals surface area contributed by atoms with Gasteiger partial charge in [0.15, 0.2) is 0 Å². The zero-order valence-electron chi connectivity index (χ0n) is 12.6. The molecular formula is C17H15N3O3. The highest BCUT2D eigenvalue weighted by Gasteiger charge is 2.26. The lowest BCUT2D eigenvalue weighted by molar-refractivity contribution is 0.319. The highest BCUT2D eigenvalue weighted by molar-refractivity contribution is 6.25. The predicted molar refractivity (Wildman–Crippen MR) is 87.3 cm³/mol. The SMILES string of the molecule is C/C(=N/O)c1ccc2c(c1)C(=NO)c1cc(/C(C)=N/O)ccc1-2. The maximum atomic E-state index is 9.46. The maximum Gasteiger partial charge on any atom is 0.118 e. The fraction of sp³-hybridized carbons (Fsp3) is 0.118. The molecule has 116 valence electrons. The summed E-state index contributed by atoms with van der Waals surface area (Å²) in [7, 11) is 0. The fourth-order valence-corrected chi connectivity index (χ4v) is 2.77. The Bertz CT molecular complexity index is 813. The molecule has 6 nitrogen and oxygen atoms in total. The second-order valence-electron chi connectivity index (χ2n) is 5.34. The van der Waals surface area contributed by atoms with Crippen LogP contribution in [0.4, 0.5) is 0 Å². The van der Waals surface area contributed by atoms with Gasteiger partial charge in [0.05, 0.1) is 11.4 Å². The van der Waals surface area contributed by atoms with Gasteiger partial charge in [0.2, 0.25) is 0 Å². The van der Waals surface area contributed by atoms with E-state index >= 15 is 0 Å². The summed E-state index contributed by atoms with van der Waals surface area (Å²) in [5, 5.41) is 37.2. The Kier molecular flexibility index (Phi) is 3.57. The molecule has 0 radical (unpaired) electrons. The zero-order chi connectivity index (χ0) is 16.6. The van der Waals surface area contributed by atoms with Gasteiger partial charge >= 0.3 is 0 Å². The molecule has 1 aliphatic carbocycles. The molecule has 0 saturated heterocycles. The molecule has 6 heteroatoms. The van der Waals surface area contributed by atoms with Gasteiger partial charge in [-0.15, -0.1) is 0 Å². The largest absolute Gasteiger partial charge is 0.411 e. The molecule has 0 saturated carbocycles. The Balaban J connectivity index is 2.21. The number of benzene rings is 2. The van der Waals surface area contributed by atoms with Crippen molar-refractivity contribution in [2.45, 2.75) is 13.8 Å². The van der Waals surface area contributed by atoms with Crippen molar-refractivity contribution < 1.29 is 15.6 Å². The molecule has 0 aliphatic heterocycles. The maximum absolute atomic E-state index is 9.46. The Labute approximate surface area is 132 Å². The molecular weight excluding hydrogens is 294 g/mol. The third-order valence-corrected chi connectivity index (χ3v) is 4.08. The van der Waals surface area contributed by atoms with Crippen LogP contribution in [0.3, 0.4) is 0 Å². The number of oxime groups is 3. The molecule has 1 aliphatic rings. The number of nitrogens with zero attached hydrogens (tertiary/aromatic N) is 3. The van der Waals surface area contributed by atoms with Crippen LogP contribution in [0.5, 0.6) is 0 Å². The van der Waals surface area contributed by atoms with Crippen molar-refractivity contribution in [3.63, 3.8) is 0 Å². The number of hydrogen-bond acceptors (Lipinski definition) is 6. The second kappa shape index (κ2) is 5.57. The minimum Gasteiger partial charge on any atom is -0.411 e. The lowest BCUT2D eigenvalue weighted by Gasteiger charge is -2.04. The van der Waals surface area contributed by atoms with Crippen LogP contribution in [-0.2, 0) is 0 Å². The van der Waals surface area contributed by atoms with Crippen LogP contribution in [0, 0.1) is 0 Å². The van der Waals surface area contributed by atoms with E-state index in [1.165, 1.54) is 0 Å². The summed E-state index contributed by atoms with van der Waals surface area (Å²) in [4.78, 5) is 0. The smallest absolute Gasteiger partial charge is 0.118 e. The molecule has 0 amide bonds. The van der Waals surface area contributed by atoms with E-state index < -0.39 is 0 Å². The van der Waals surface area contributed by atoms with Gasteiger partial charge < -0.3 is 15.6 Å². The van der Waals surface area contributed by atoms with E-state index in [0.29, 0.717) is 17.1 Å². The van der Waals surface area contributed by atoms with Gasteiger partial charge in [-0.1, -0.05) is 39.7 Å². The molecule has 2 aromatic rings. The molecule has 0 atom stereocenters. The topological polar surface area (TPSA) is 97.8 Å².